The van der Waals surface area contributed by atoms with Gasteiger partial charge in [0.2, 0.25) is 11.9 Å². The Hall–Kier alpha value is -2.48. The quantitative estimate of drug-likeness (QED) is 0.598. The highest BCUT2D eigenvalue weighted by Gasteiger charge is 2.34. The molecule has 4 rings (SSSR count). The molecule has 4 heterocycles. The van der Waals surface area contributed by atoms with Gasteiger partial charge in [-0.25, -0.2) is 9.98 Å². The summed E-state index contributed by atoms with van der Waals surface area (Å²) in [7, 11) is 2.62. The molecule has 0 aromatic rings. The average Bonchev–Trinajstić information content (AvgIpc) is 3.12. The number of amidine groups is 2. The van der Waals surface area contributed by atoms with Crippen LogP contribution in [0.15, 0.2) is 50.8 Å². The van der Waals surface area contributed by atoms with Gasteiger partial charge in [0.25, 0.3) is 0 Å². The molecular weight excluding hydrogens is 328 g/mol. The molecule has 4 N–H and O–H groups in total. The molecule has 0 aliphatic carbocycles. The minimum Gasteiger partial charge on any atom is -0.368 e. The summed E-state index contributed by atoms with van der Waals surface area (Å²) in [6.07, 6.45) is 0. The van der Waals surface area contributed by atoms with Crippen molar-refractivity contribution in [1.82, 2.24) is 0 Å². The van der Waals surface area contributed by atoms with Gasteiger partial charge in [0.15, 0.2) is 23.8 Å². The van der Waals surface area contributed by atoms with E-state index in [9.17, 15) is 0 Å². The third kappa shape index (κ3) is 2.21. The maximum Gasteiger partial charge on any atom is 0.222 e. The Labute approximate surface area is 130 Å². The predicted octanol–water partition coefficient (Wildman–Crippen LogP) is 0.117. The Bertz CT molecular complexity index is 717. The first kappa shape index (κ1) is 13.2. The molecule has 12 nitrogen and oxygen atoms in total. The molecule has 2 atom stereocenters. The number of hydrogen-bond donors (Lipinski definition) is 2. The largest absolute Gasteiger partial charge is 0.368 e. The zero-order chi connectivity index (χ0) is 15.1. The molecular formula is C8H6N12S2. The zero-order valence-corrected chi connectivity index (χ0v) is 12.2. The summed E-state index contributed by atoms with van der Waals surface area (Å²) < 4.78 is 0. The molecule has 2 unspecified atom stereocenters. The van der Waals surface area contributed by atoms with Gasteiger partial charge in [0.1, 0.15) is 10.1 Å². The van der Waals surface area contributed by atoms with E-state index in [2.05, 4.69) is 50.8 Å². The summed E-state index contributed by atoms with van der Waals surface area (Å²) in [5.41, 5.74) is 11.3. The van der Waals surface area contributed by atoms with Crippen LogP contribution in [0.4, 0.5) is 0 Å². The Balaban J connectivity index is 1.53. The molecule has 0 saturated carbocycles. The molecule has 0 aromatic carbocycles. The van der Waals surface area contributed by atoms with Crippen molar-refractivity contribution in [2.24, 2.45) is 62.3 Å². The third-order valence-corrected chi connectivity index (χ3v) is 5.03. The lowest BCUT2D eigenvalue weighted by atomic mass is 10.3. The van der Waals surface area contributed by atoms with Crippen LogP contribution in [-0.4, -0.2) is 45.8 Å². The maximum atomic E-state index is 5.65. The van der Waals surface area contributed by atoms with Gasteiger partial charge in [-0.15, -0.1) is 20.4 Å². The van der Waals surface area contributed by atoms with Crippen molar-refractivity contribution in [2.45, 2.75) is 12.1 Å². The molecule has 110 valence electrons. The summed E-state index contributed by atoms with van der Waals surface area (Å²) in [6, 6.07) is -0.864. The van der Waals surface area contributed by atoms with Crippen molar-refractivity contribution in [3.8, 4) is 0 Å². The molecule has 0 amide bonds. The van der Waals surface area contributed by atoms with E-state index in [4.69, 9.17) is 11.5 Å². The Morgan fingerprint density at radius 3 is 1.59 bits per heavy atom. The lowest BCUT2D eigenvalue weighted by Crippen LogP contribution is -2.32. The number of fused-ring (bicyclic) bond motifs is 2. The number of rotatable bonds is 0. The first-order valence-electron chi connectivity index (χ1n) is 5.86. The van der Waals surface area contributed by atoms with Gasteiger partial charge in [-0.2, -0.15) is 9.98 Å². The number of hydrogen-bond acceptors (Lipinski definition) is 14. The van der Waals surface area contributed by atoms with E-state index in [1.165, 1.54) is 21.6 Å². The number of nitrogens with zero attached hydrogens (tertiary/aromatic N) is 10. The molecule has 0 spiro atoms. The molecule has 0 aromatic heterocycles. The normalized spacial score (nSPS) is 28.2. The first-order chi connectivity index (χ1) is 10.7. The summed E-state index contributed by atoms with van der Waals surface area (Å²) >= 11 is 0. The van der Waals surface area contributed by atoms with E-state index in [-0.39, 0.29) is 11.9 Å². The lowest BCUT2D eigenvalue weighted by molar-refractivity contribution is 1.00. The summed E-state index contributed by atoms with van der Waals surface area (Å²) in [5.74, 6) is 1.06. The topological polar surface area (TPSA) is 176 Å². The Morgan fingerprint density at radius 2 is 1.14 bits per heavy atom. The van der Waals surface area contributed by atoms with E-state index in [1.807, 2.05) is 0 Å². The Morgan fingerprint density at radius 1 is 0.682 bits per heavy atom. The van der Waals surface area contributed by atoms with Crippen LogP contribution in [0, 0.1) is 0 Å². The second-order valence-corrected chi connectivity index (χ2v) is 6.31. The molecule has 22 heavy (non-hydrogen) atoms. The van der Waals surface area contributed by atoms with Crippen molar-refractivity contribution in [2.75, 3.05) is 0 Å². The highest BCUT2D eigenvalue weighted by Crippen LogP contribution is 2.34. The van der Waals surface area contributed by atoms with Crippen LogP contribution in [0.25, 0.3) is 0 Å². The highest BCUT2D eigenvalue weighted by molar-refractivity contribution is 8.87. The number of aliphatic imine (C=N–C) groups is 4. The van der Waals surface area contributed by atoms with Crippen LogP contribution in [0.5, 0.6) is 0 Å². The van der Waals surface area contributed by atoms with Gasteiger partial charge in [-0.05, 0) is 32.0 Å². The maximum absolute atomic E-state index is 5.65. The molecule has 14 heteroatoms. The third-order valence-electron chi connectivity index (χ3n) is 2.71. The predicted molar refractivity (Wildman–Crippen MR) is 85.5 cm³/mol. The van der Waals surface area contributed by atoms with E-state index < -0.39 is 12.1 Å². The fraction of sp³-hybridized carbons (Fsp3) is 0.250. The van der Waals surface area contributed by atoms with Crippen molar-refractivity contribution in [1.29, 1.82) is 0 Å². The second-order valence-electron chi connectivity index (χ2n) is 4.14. The fourth-order valence-electron chi connectivity index (χ4n) is 1.79. The molecule has 0 saturated heterocycles. The van der Waals surface area contributed by atoms with Gasteiger partial charge in [0, 0.05) is 0 Å². The summed E-state index contributed by atoms with van der Waals surface area (Å²) in [4.78, 5) is 16.3. The van der Waals surface area contributed by atoms with E-state index in [0.717, 1.165) is 0 Å². The Kier molecular flexibility index (Phi) is 3.04. The average molecular weight is 334 g/mol. The second kappa shape index (κ2) is 5.06. The minimum absolute atomic E-state index is 0.111. The zero-order valence-electron chi connectivity index (χ0n) is 10.6. The number of nitrogens with two attached hydrogens (primary N) is 2. The fourth-order valence-corrected chi connectivity index (χ4v) is 3.99. The van der Waals surface area contributed by atoms with E-state index in [1.54, 1.807) is 0 Å². The highest BCUT2D eigenvalue weighted by atomic mass is 33.1. The number of guanidine groups is 2. The first-order valence-corrected chi connectivity index (χ1v) is 8.01. The van der Waals surface area contributed by atoms with Crippen molar-refractivity contribution in [3.63, 3.8) is 0 Å². The summed E-state index contributed by atoms with van der Waals surface area (Å²) in [5, 5.41) is 23.9. The smallest absolute Gasteiger partial charge is 0.222 e. The SMILES string of the molecule is NC1=NC2=NN=NC2C(SSC2=NC(N)=NC3=NN=NC32)=N1. The standard InChI is InChI=1S/C8H6N12S2/c9-7-11-3-1(15-19-17-3)5(13-7)21-22-6-2-4(18-20-16-2)12-8(10)14-6/h1-2H,(H2,9,11,15,17)(H2,10,12,16,18). The lowest BCUT2D eigenvalue weighted by Gasteiger charge is -2.16. The van der Waals surface area contributed by atoms with Gasteiger partial charge in [-0.3, -0.25) is 0 Å². The van der Waals surface area contributed by atoms with Gasteiger partial charge in [-0.1, -0.05) is 0 Å². The molecule has 0 bridgehead atoms. The van der Waals surface area contributed by atoms with Crippen LogP contribution in [0.1, 0.15) is 0 Å². The van der Waals surface area contributed by atoms with Gasteiger partial charge < -0.3 is 11.5 Å². The molecule has 0 radical (unpaired) electrons. The molecule has 4 aliphatic heterocycles. The van der Waals surface area contributed by atoms with Crippen LogP contribution in [0.3, 0.4) is 0 Å². The van der Waals surface area contributed by atoms with Gasteiger partial charge in [0.05, 0.1) is 0 Å². The molecule has 4 aliphatic rings. The molecule has 0 fully saturated rings. The van der Waals surface area contributed by atoms with Crippen molar-refractivity contribution in [3.05, 3.63) is 0 Å². The van der Waals surface area contributed by atoms with Crippen LogP contribution in [0.2, 0.25) is 0 Å². The van der Waals surface area contributed by atoms with Crippen molar-refractivity contribution >= 4 is 55.3 Å². The van der Waals surface area contributed by atoms with Gasteiger partial charge >= 0.3 is 0 Å². The van der Waals surface area contributed by atoms with Crippen LogP contribution in [-0.2, 0) is 0 Å². The van der Waals surface area contributed by atoms with Crippen molar-refractivity contribution < 1.29 is 0 Å². The van der Waals surface area contributed by atoms with Crippen LogP contribution < -0.4 is 11.5 Å². The minimum atomic E-state index is -0.432. The summed E-state index contributed by atoms with van der Waals surface area (Å²) in [6.45, 7) is 0. The monoisotopic (exact) mass is 334 g/mol. The van der Waals surface area contributed by atoms with E-state index in [0.29, 0.717) is 21.8 Å². The van der Waals surface area contributed by atoms with Crippen LogP contribution >= 0.6 is 21.6 Å². The van der Waals surface area contributed by atoms with E-state index >= 15 is 0 Å².